The van der Waals surface area contributed by atoms with Crippen LogP contribution in [0.4, 0.5) is 10.1 Å². The van der Waals surface area contributed by atoms with Crippen molar-refractivity contribution in [3.63, 3.8) is 0 Å². The monoisotopic (exact) mass is 322 g/mol. The van der Waals surface area contributed by atoms with Gasteiger partial charge in [-0.3, -0.25) is 4.79 Å². The second kappa shape index (κ2) is 6.84. The maximum atomic E-state index is 14.0. The van der Waals surface area contributed by atoms with E-state index in [9.17, 15) is 9.18 Å². The topological polar surface area (TPSA) is 59.6 Å². The second-order valence-corrected chi connectivity index (χ2v) is 6.34. The van der Waals surface area contributed by atoms with E-state index in [4.69, 9.17) is 9.47 Å². The maximum absolute atomic E-state index is 14.0. The Bertz CT molecular complexity index is 573. The molecule has 0 aromatic heterocycles. The van der Waals surface area contributed by atoms with Crippen LogP contribution in [0.3, 0.4) is 0 Å². The fourth-order valence-electron chi connectivity index (χ4n) is 3.36. The molecule has 1 spiro atoms. The summed E-state index contributed by atoms with van der Waals surface area (Å²) in [6, 6.07) is 4.51. The Kier molecular flexibility index (Phi) is 4.82. The molecular weight excluding hydrogens is 299 g/mol. The van der Waals surface area contributed by atoms with E-state index in [2.05, 4.69) is 10.6 Å². The zero-order chi connectivity index (χ0) is 16.3. The highest BCUT2D eigenvalue weighted by atomic mass is 19.1. The van der Waals surface area contributed by atoms with Gasteiger partial charge in [0.1, 0.15) is 6.61 Å². The number of piperidine rings is 1. The van der Waals surface area contributed by atoms with Gasteiger partial charge in [0.25, 0.3) is 0 Å². The van der Waals surface area contributed by atoms with E-state index in [-0.39, 0.29) is 29.6 Å². The zero-order valence-electron chi connectivity index (χ0n) is 13.4. The molecule has 1 aliphatic carbocycles. The van der Waals surface area contributed by atoms with Crippen molar-refractivity contribution in [2.45, 2.75) is 19.3 Å². The number of methoxy groups -OCH3 is 1. The van der Waals surface area contributed by atoms with Crippen LogP contribution in [-0.2, 0) is 9.53 Å². The number of nitrogens with one attached hydrogen (secondary N) is 2. The van der Waals surface area contributed by atoms with Crippen LogP contribution in [0.1, 0.15) is 19.3 Å². The van der Waals surface area contributed by atoms with Crippen molar-refractivity contribution >= 4 is 11.6 Å². The van der Waals surface area contributed by atoms with Gasteiger partial charge in [-0.25, -0.2) is 4.39 Å². The summed E-state index contributed by atoms with van der Waals surface area (Å²) in [5.41, 5.74) is 0.652. The van der Waals surface area contributed by atoms with Gasteiger partial charge in [0.2, 0.25) is 5.91 Å². The highest BCUT2D eigenvalue weighted by molar-refractivity contribution is 5.95. The largest absolute Gasteiger partial charge is 0.488 e. The first-order chi connectivity index (χ1) is 11.1. The highest BCUT2D eigenvalue weighted by Crippen LogP contribution is 2.58. The Morgan fingerprint density at radius 2 is 2.17 bits per heavy atom. The third-order valence-electron chi connectivity index (χ3n) is 4.85. The third kappa shape index (κ3) is 3.64. The molecule has 1 amide bonds. The normalized spacial score (nSPS) is 21.9. The molecule has 1 aromatic rings. The molecule has 0 radical (unpaired) electrons. The van der Waals surface area contributed by atoms with E-state index in [1.54, 1.807) is 13.2 Å². The number of hydrogen-bond donors (Lipinski definition) is 2. The number of anilines is 1. The predicted molar refractivity (Wildman–Crippen MR) is 85.0 cm³/mol. The fraction of sp³-hybridized carbons (Fsp3) is 0.588. The van der Waals surface area contributed by atoms with Crippen molar-refractivity contribution in [2.75, 3.05) is 38.7 Å². The van der Waals surface area contributed by atoms with E-state index in [0.29, 0.717) is 12.3 Å². The van der Waals surface area contributed by atoms with Crippen LogP contribution in [0, 0.1) is 17.2 Å². The number of rotatable bonds is 6. The summed E-state index contributed by atoms with van der Waals surface area (Å²) in [5, 5.41) is 6.15. The minimum atomic E-state index is -0.480. The molecule has 1 aliphatic heterocycles. The smallest absolute Gasteiger partial charge is 0.228 e. The minimum Gasteiger partial charge on any atom is -0.488 e. The fourth-order valence-corrected chi connectivity index (χ4v) is 3.36. The van der Waals surface area contributed by atoms with Crippen molar-refractivity contribution in [1.82, 2.24) is 5.32 Å². The van der Waals surface area contributed by atoms with Gasteiger partial charge in [0.05, 0.1) is 6.61 Å². The summed E-state index contributed by atoms with van der Waals surface area (Å²) in [6.07, 6.45) is 3.04. The molecule has 1 atom stereocenters. The zero-order valence-corrected chi connectivity index (χ0v) is 13.4. The molecule has 0 bridgehead atoms. The summed E-state index contributed by atoms with van der Waals surface area (Å²) >= 11 is 0. The predicted octanol–water partition coefficient (Wildman–Crippen LogP) is 2.18. The Morgan fingerprint density at radius 1 is 1.39 bits per heavy atom. The van der Waals surface area contributed by atoms with E-state index < -0.39 is 5.82 Å². The van der Waals surface area contributed by atoms with E-state index in [1.165, 1.54) is 12.1 Å². The number of ether oxygens (including phenoxy) is 2. The summed E-state index contributed by atoms with van der Waals surface area (Å²) in [4.78, 5) is 12.4. The summed E-state index contributed by atoms with van der Waals surface area (Å²) in [7, 11) is 1.56. The Labute approximate surface area is 135 Å². The molecule has 6 heteroatoms. The van der Waals surface area contributed by atoms with Crippen molar-refractivity contribution in [3.8, 4) is 5.75 Å². The van der Waals surface area contributed by atoms with Crippen LogP contribution in [0.2, 0.25) is 0 Å². The van der Waals surface area contributed by atoms with E-state index in [0.717, 1.165) is 32.4 Å². The SMILES string of the molecule is COCCOc1ccc(NC(=O)C2CC23CCNCC3)cc1F. The summed E-state index contributed by atoms with van der Waals surface area (Å²) < 4.78 is 24.1. The van der Waals surface area contributed by atoms with Gasteiger partial charge in [-0.1, -0.05) is 0 Å². The number of halogens is 1. The molecule has 5 nitrogen and oxygen atoms in total. The highest BCUT2D eigenvalue weighted by Gasteiger charge is 2.57. The van der Waals surface area contributed by atoms with Gasteiger partial charge in [-0.15, -0.1) is 0 Å². The molecule has 1 unspecified atom stereocenters. The molecule has 126 valence electrons. The Hall–Kier alpha value is -1.66. The molecule has 1 aromatic carbocycles. The van der Waals surface area contributed by atoms with Crippen LogP contribution >= 0.6 is 0 Å². The lowest BCUT2D eigenvalue weighted by molar-refractivity contribution is -0.118. The average Bonchev–Trinajstić information content (AvgIpc) is 3.23. The number of carbonyl (C=O) groups is 1. The van der Waals surface area contributed by atoms with Gasteiger partial charge in [-0.2, -0.15) is 0 Å². The third-order valence-corrected chi connectivity index (χ3v) is 4.85. The van der Waals surface area contributed by atoms with Gasteiger partial charge in [0.15, 0.2) is 11.6 Å². The lowest BCUT2D eigenvalue weighted by Crippen LogP contribution is -2.31. The van der Waals surface area contributed by atoms with Crippen molar-refractivity contribution in [2.24, 2.45) is 11.3 Å². The minimum absolute atomic E-state index is 0.000601. The second-order valence-electron chi connectivity index (χ2n) is 6.34. The van der Waals surface area contributed by atoms with Crippen LogP contribution in [-0.4, -0.2) is 39.3 Å². The first-order valence-corrected chi connectivity index (χ1v) is 8.07. The summed E-state index contributed by atoms with van der Waals surface area (Å²) in [5.74, 6) is -0.253. The Balaban J connectivity index is 1.56. The van der Waals surface area contributed by atoms with Crippen molar-refractivity contribution in [3.05, 3.63) is 24.0 Å². The first kappa shape index (κ1) is 16.2. The molecule has 2 aliphatic rings. The van der Waals surface area contributed by atoms with Crippen molar-refractivity contribution < 1.29 is 18.7 Å². The van der Waals surface area contributed by atoms with Crippen LogP contribution < -0.4 is 15.4 Å². The lowest BCUT2D eigenvalue weighted by Gasteiger charge is -2.23. The van der Waals surface area contributed by atoms with Gasteiger partial charge in [0, 0.05) is 24.8 Å². The Morgan fingerprint density at radius 3 is 2.87 bits per heavy atom. The number of benzene rings is 1. The molecule has 1 saturated carbocycles. The van der Waals surface area contributed by atoms with Crippen LogP contribution in [0.15, 0.2) is 18.2 Å². The molecule has 2 N–H and O–H groups in total. The quantitative estimate of drug-likeness (QED) is 0.788. The maximum Gasteiger partial charge on any atom is 0.228 e. The molecule has 1 heterocycles. The van der Waals surface area contributed by atoms with E-state index >= 15 is 0 Å². The van der Waals surface area contributed by atoms with Gasteiger partial charge in [-0.05, 0) is 49.9 Å². The molecule has 2 fully saturated rings. The van der Waals surface area contributed by atoms with Crippen LogP contribution in [0.25, 0.3) is 0 Å². The molecule has 1 saturated heterocycles. The van der Waals surface area contributed by atoms with Gasteiger partial charge < -0.3 is 20.1 Å². The number of amides is 1. The van der Waals surface area contributed by atoms with E-state index in [1.807, 2.05) is 0 Å². The molecular formula is C17H23FN2O3. The lowest BCUT2D eigenvalue weighted by atomic mass is 9.92. The molecule has 23 heavy (non-hydrogen) atoms. The molecule has 3 rings (SSSR count). The number of carbonyl (C=O) groups excluding carboxylic acids is 1. The van der Waals surface area contributed by atoms with Gasteiger partial charge >= 0.3 is 0 Å². The number of hydrogen-bond acceptors (Lipinski definition) is 4. The average molecular weight is 322 g/mol. The van der Waals surface area contributed by atoms with Crippen LogP contribution in [0.5, 0.6) is 5.75 Å². The summed E-state index contributed by atoms with van der Waals surface area (Å²) in [6.45, 7) is 2.64. The van der Waals surface area contributed by atoms with Crippen molar-refractivity contribution in [1.29, 1.82) is 0 Å². The standard InChI is InChI=1S/C17H23FN2O3/c1-22-8-9-23-15-3-2-12(10-14(15)18)20-16(21)13-11-17(13)4-6-19-7-5-17/h2-3,10,13,19H,4-9,11H2,1H3,(H,20,21). The first-order valence-electron chi connectivity index (χ1n) is 8.07.